The number of hydrogen-bond acceptors (Lipinski definition) is 6. The van der Waals surface area contributed by atoms with Gasteiger partial charge in [-0.15, -0.1) is 0 Å². The second-order valence-corrected chi connectivity index (χ2v) is 8.31. The summed E-state index contributed by atoms with van der Waals surface area (Å²) in [7, 11) is -1.52. The molecular weight excluding hydrogens is 388 g/mol. The van der Waals surface area contributed by atoms with Crippen molar-refractivity contribution in [2.45, 2.75) is 18.0 Å². The maximum absolute atomic E-state index is 14.2. The second kappa shape index (κ2) is 7.55. The summed E-state index contributed by atoms with van der Waals surface area (Å²) < 4.78 is 52.6. The van der Waals surface area contributed by atoms with Crippen LogP contribution >= 0.6 is 0 Å². The molecular formula is C18H19F2N5O2S. The first-order chi connectivity index (χ1) is 13.2. The Labute approximate surface area is 161 Å². The number of benzene rings is 1. The van der Waals surface area contributed by atoms with E-state index in [1.165, 1.54) is 13.4 Å². The Hall–Kier alpha value is -3.01. The van der Waals surface area contributed by atoms with Gasteiger partial charge in [0.1, 0.15) is 28.5 Å². The van der Waals surface area contributed by atoms with Crippen molar-refractivity contribution in [3.63, 3.8) is 0 Å². The summed E-state index contributed by atoms with van der Waals surface area (Å²) in [6.07, 6.45) is 2.18. The van der Waals surface area contributed by atoms with Crippen LogP contribution in [0.15, 0.2) is 41.6 Å². The molecule has 3 N–H and O–H groups in total. The van der Waals surface area contributed by atoms with Crippen molar-refractivity contribution in [3.05, 3.63) is 65.2 Å². The van der Waals surface area contributed by atoms with Crippen LogP contribution in [0.25, 0.3) is 0 Å². The van der Waals surface area contributed by atoms with Crippen LogP contribution in [-0.4, -0.2) is 32.5 Å². The number of aryl methyl sites for hydroxylation is 1. The molecule has 10 heteroatoms. The van der Waals surface area contributed by atoms with Crippen LogP contribution in [0.4, 0.5) is 14.6 Å². The molecule has 2 atom stereocenters. The first-order valence-electron chi connectivity index (χ1n) is 8.21. The van der Waals surface area contributed by atoms with Crippen LogP contribution in [0.1, 0.15) is 23.1 Å². The summed E-state index contributed by atoms with van der Waals surface area (Å²) in [5.41, 5.74) is 1.05. The zero-order chi connectivity index (χ0) is 20.5. The topological polar surface area (TPSA) is 104 Å². The van der Waals surface area contributed by atoms with Gasteiger partial charge in [-0.1, -0.05) is 12.1 Å². The normalized spacial score (nSPS) is 14.3. The molecule has 28 heavy (non-hydrogen) atoms. The number of ether oxygens (including phenoxy) is 1. The van der Waals surface area contributed by atoms with E-state index in [1.807, 2.05) is 0 Å². The number of aromatic amines is 1. The number of nitrogens with one attached hydrogen (secondary N) is 3. The molecule has 0 aliphatic heterocycles. The standard InChI is InChI=1S/C18H19F2N5O2S/c1-10-18(28(3,21)26)25-17(23-10)15(11-5-4-6-13(7-11)27-2)24-16-14(20)8-12(19)9-22-16/h4-9,15,21H,1-3H3,(H,22,24)(H,23,25). The maximum Gasteiger partial charge on any atom is 0.168 e. The Kier molecular flexibility index (Phi) is 5.32. The molecule has 0 bridgehead atoms. The van der Waals surface area contributed by atoms with E-state index in [4.69, 9.17) is 9.52 Å². The largest absolute Gasteiger partial charge is 0.497 e. The predicted octanol–water partition coefficient (Wildman–Crippen LogP) is 3.64. The lowest BCUT2D eigenvalue weighted by Gasteiger charge is -2.19. The Morgan fingerprint density at radius 2 is 2.07 bits per heavy atom. The average molecular weight is 407 g/mol. The van der Waals surface area contributed by atoms with Gasteiger partial charge >= 0.3 is 0 Å². The molecule has 148 valence electrons. The molecule has 0 spiro atoms. The van der Waals surface area contributed by atoms with Gasteiger partial charge < -0.3 is 15.0 Å². The molecule has 1 aromatic carbocycles. The summed E-state index contributed by atoms with van der Waals surface area (Å²) in [5.74, 6) is -0.950. The molecule has 0 saturated carbocycles. The summed E-state index contributed by atoms with van der Waals surface area (Å²) in [5, 5.41) is 3.08. The number of anilines is 1. The Morgan fingerprint density at radius 1 is 1.32 bits per heavy atom. The number of methoxy groups -OCH3 is 1. The van der Waals surface area contributed by atoms with Gasteiger partial charge in [-0.05, 0) is 24.6 Å². The van der Waals surface area contributed by atoms with E-state index in [2.05, 4.69) is 20.3 Å². The molecule has 3 rings (SSSR count). The van der Waals surface area contributed by atoms with Crippen LogP contribution in [0, 0.1) is 23.3 Å². The Balaban J connectivity index is 2.11. The highest BCUT2D eigenvalue weighted by Crippen LogP contribution is 2.29. The lowest BCUT2D eigenvalue weighted by Crippen LogP contribution is -2.16. The molecule has 3 aromatic rings. The SMILES string of the molecule is COc1cccc(C(Nc2ncc(F)cc2F)c2nc(C)c(S(C)(=N)=O)[nH]2)c1. The molecule has 2 aromatic heterocycles. The Bertz CT molecular complexity index is 1110. The fourth-order valence-corrected chi connectivity index (χ4v) is 3.68. The molecule has 0 fully saturated rings. The molecule has 2 unspecified atom stereocenters. The number of nitrogens with zero attached hydrogens (tertiary/aromatic N) is 2. The minimum atomic E-state index is -3.04. The molecule has 0 aliphatic carbocycles. The number of rotatable bonds is 6. The zero-order valence-corrected chi connectivity index (χ0v) is 16.2. The van der Waals surface area contributed by atoms with E-state index < -0.39 is 27.4 Å². The van der Waals surface area contributed by atoms with Crippen molar-refractivity contribution in [3.8, 4) is 5.75 Å². The molecule has 0 saturated heterocycles. The third-order valence-electron chi connectivity index (χ3n) is 4.04. The number of imidazole rings is 1. The van der Waals surface area contributed by atoms with Crippen molar-refractivity contribution in [1.82, 2.24) is 15.0 Å². The summed E-state index contributed by atoms with van der Waals surface area (Å²) >= 11 is 0. The number of pyridine rings is 1. The molecule has 2 heterocycles. The van der Waals surface area contributed by atoms with Crippen molar-refractivity contribution in [2.75, 3.05) is 18.7 Å². The van der Waals surface area contributed by atoms with E-state index in [9.17, 15) is 13.0 Å². The highest BCUT2D eigenvalue weighted by atomic mass is 32.2. The van der Waals surface area contributed by atoms with Gasteiger partial charge in [-0.2, -0.15) is 0 Å². The van der Waals surface area contributed by atoms with E-state index >= 15 is 0 Å². The highest BCUT2D eigenvalue weighted by Gasteiger charge is 2.23. The third kappa shape index (κ3) is 4.11. The first-order valence-corrected chi connectivity index (χ1v) is 10.2. The van der Waals surface area contributed by atoms with Gasteiger partial charge in [-0.3, -0.25) is 0 Å². The number of halogens is 2. The smallest absolute Gasteiger partial charge is 0.168 e. The van der Waals surface area contributed by atoms with Crippen molar-refractivity contribution < 1.29 is 17.7 Å². The van der Waals surface area contributed by atoms with Crippen LogP contribution < -0.4 is 10.1 Å². The zero-order valence-electron chi connectivity index (χ0n) is 15.4. The minimum Gasteiger partial charge on any atom is -0.497 e. The van der Waals surface area contributed by atoms with E-state index in [-0.39, 0.29) is 10.8 Å². The van der Waals surface area contributed by atoms with Gasteiger partial charge in [0.25, 0.3) is 0 Å². The van der Waals surface area contributed by atoms with E-state index in [1.54, 1.807) is 31.2 Å². The van der Waals surface area contributed by atoms with Crippen LogP contribution in [-0.2, 0) is 9.73 Å². The van der Waals surface area contributed by atoms with Crippen LogP contribution in [0.2, 0.25) is 0 Å². The Morgan fingerprint density at radius 3 is 2.68 bits per heavy atom. The van der Waals surface area contributed by atoms with Gasteiger partial charge in [0.05, 0.1) is 28.7 Å². The van der Waals surface area contributed by atoms with Crippen LogP contribution in [0.3, 0.4) is 0 Å². The summed E-state index contributed by atoms with van der Waals surface area (Å²) in [6, 6.07) is 6.97. The van der Waals surface area contributed by atoms with Gasteiger partial charge in [-0.25, -0.2) is 27.7 Å². The summed E-state index contributed by atoms with van der Waals surface area (Å²) in [6.45, 7) is 1.63. The lowest BCUT2D eigenvalue weighted by atomic mass is 10.1. The maximum atomic E-state index is 14.2. The minimum absolute atomic E-state index is 0.173. The first kappa shape index (κ1) is 19.7. The quantitative estimate of drug-likeness (QED) is 0.579. The monoisotopic (exact) mass is 407 g/mol. The number of hydrogen-bond donors (Lipinski definition) is 3. The second-order valence-electron chi connectivity index (χ2n) is 6.22. The lowest BCUT2D eigenvalue weighted by molar-refractivity contribution is 0.414. The summed E-state index contributed by atoms with van der Waals surface area (Å²) in [4.78, 5) is 11.0. The molecule has 0 amide bonds. The number of aromatic nitrogens is 3. The van der Waals surface area contributed by atoms with Gasteiger partial charge in [0.2, 0.25) is 0 Å². The van der Waals surface area contributed by atoms with Gasteiger partial charge in [0, 0.05) is 12.3 Å². The highest BCUT2D eigenvalue weighted by molar-refractivity contribution is 7.91. The van der Waals surface area contributed by atoms with Crippen molar-refractivity contribution in [1.29, 1.82) is 4.78 Å². The van der Waals surface area contributed by atoms with E-state index in [0.29, 0.717) is 22.8 Å². The third-order valence-corrected chi connectivity index (χ3v) is 5.21. The molecule has 0 aliphatic rings. The fourth-order valence-electron chi connectivity index (χ4n) is 2.77. The fraction of sp³-hybridized carbons (Fsp3) is 0.222. The predicted molar refractivity (Wildman–Crippen MR) is 101 cm³/mol. The van der Waals surface area contributed by atoms with E-state index in [0.717, 1.165) is 12.3 Å². The number of H-pyrrole nitrogens is 1. The van der Waals surface area contributed by atoms with Crippen molar-refractivity contribution >= 4 is 15.5 Å². The van der Waals surface area contributed by atoms with Crippen molar-refractivity contribution in [2.24, 2.45) is 0 Å². The average Bonchev–Trinajstić information content (AvgIpc) is 3.03. The molecule has 0 radical (unpaired) electrons. The van der Waals surface area contributed by atoms with Gasteiger partial charge in [0.15, 0.2) is 11.6 Å². The molecule has 7 nitrogen and oxygen atoms in total. The van der Waals surface area contributed by atoms with Crippen LogP contribution in [0.5, 0.6) is 5.75 Å².